The molecule has 0 bridgehead atoms. The van der Waals surface area contributed by atoms with Gasteiger partial charge in [0.1, 0.15) is 0 Å². The average molecular weight is 233 g/mol. The monoisotopic (exact) mass is 233 g/mol. The highest BCUT2D eigenvalue weighted by Gasteiger charge is 1.99. The molecule has 1 rings (SSSR count). The molecule has 1 nitrogen and oxygen atoms in total. The highest BCUT2D eigenvalue weighted by atomic mass is 14.8. The summed E-state index contributed by atoms with van der Waals surface area (Å²) in [5.74, 6) is 1.39. The Balaban J connectivity index is 2.23. The number of hydrogen-bond donors (Lipinski definition) is 1. The fourth-order valence-corrected chi connectivity index (χ4v) is 1.88. The van der Waals surface area contributed by atoms with Crippen LogP contribution < -0.4 is 5.32 Å². The Bertz CT molecular complexity index is 298. The van der Waals surface area contributed by atoms with E-state index in [0.717, 1.165) is 19.0 Å². The highest BCUT2D eigenvalue weighted by Crippen LogP contribution is 2.15. The van der Waals surface area contributed by atoms with Crippen LogP contribution in [0, 0.1) is 5.92 Å². The van der Waals surface area contributed by atoms with Gasteiger partial charge in [-0.15, -0.1) is 0 Å². The van der Waals surface area contributed by atoms with E-state index in [2.05, 4.69) is 57.3 Å². The maximum absolute atomic E-state index is 3.48. The first kappa shape index (κ1) is 14.2. The van der Waals surface area contributed by atoms with Gasteiger partial charge in [-0.2, -0.15) is 0 Å². The van der Waals surface area contributed by atoms with E-state index >= 15 is 0 Å². The predicted octanol–water partition coefficient (Wildman–Crippen LogP) is 3.99. The quantitative estimate of drug-likeness (QED) is 0.702. The second-order valence-electron chi connectivity index (χ2n) is 5.60. The molecule has 1 aromatic rings. The second-order valence-corrected chi connectivity index (χ2v) is 5.60. The average Bonchev–Trinajstić information content (AvgIpc) is 2.29. The summed E-state index contributed by atoms with van der Waals surface area (Å²) >= 11 is 0. The van der Waals surface area contributed by atoms with Gasteiger partial charge in [-0.1, -0.05) is 52.0 Å². The SMILES string of the molecule is CC(C)CNCCCc1ccc(C(C)C)cc1. The van der Waals surface area contributed by atoms with Crippen molar-refractivity contribution in [2.45, 2.75) is 46.5 Å². The molecule has 0 radical (unpaired) electrons. The van der Waals surface area contributed by atoms with Crippen molar-refractivity contribution in [2.24, 2.45) is 5.92 Å². The molecule has 1 aromatic carbocycles. The summed E-state index contributed by atoms with van der Waals surface area (Å²) in [5, 5.41) is 3.48. The molecule has 96 valence electrons. The van der Waals surface area contributed by atoms with E-state index in [4.69, 9.17) is 0 Å². The third-order valence-corrected chi connectivity index (χ3v) is 3.02. The molecule has 1 N–H and O–H groups in total. The lowest BCUT2D eigenvalue weighted by Gasteiger charge is -2.08. The summed E-state index contributed by atoms with van der Waals surface area (Å²) in [7, 11) is 0. The summed E-state index contributed by atoms with van der Waals surface area (Å²) < 4.78 is 0. The molecule has 0 aliphatic heterocycles. The molecule has 0 spiro atoms. The van der Waals surface area contributed by atoms with Crippen LogP contribution in [0.15, 0.2) is 24.3 Å². The molecular weight excluding hydrogens is 206 g/mol. The van der Waals surface area contributed by atoms with Gasteiger partial charge in [-0.05, 0) is 48.9 Å². The predicted molar refractivity (Wildman–Crippen MR) is 76.6 cm³/mol. The summed E-state index contributed by atoms with van der Waals surface area (Å²) in [6.45, 7) is 11.2. The Morgan fingerprint density at radius 2 is 1.65 bits per heavy atom. The summed E-state index contributed by atoms with van der Waals surface area (Å²) in [4.78, 5) is 0. The second kappa shape index (κ2) is 7.50. The lowest BCUT2D eigenvalue weighted by molar-refractivity contribution is 0.543. The number of rotatable bonds is 7. The van der Waals surface area contributed by atoms with Crippen molar-refractivity contribution >= 4 is 0 Å². The van der Waals surface area contributed by atoms with E-state index in [1.165, 1.54) is 24.0 Å². The van der Waals surface area contributed by atoms with Crippen LogP contribution in [0.25, 0.3) is 0 Å². The summed E-state index contributed by atoms with van der Waals surface area (Å²) in [6, 6.07) is 9.08. The van der Waals surface area contributed by atoms with Crippen LogP contribution in [0.2, 0.25) is 0 Å². The van der Waals surface area contributed by atoms with E-state index in [0.29, 0.717) is 5.92 Å². The first-order valence-electron chi connectivity index (χ1n) is 6.89. The first-order valence-corrected chi connectivity index (χ1v) is 6.89. The number of nitrogens with one attached hydrogen (secondary N) is 1. The Labute approximate surface area is 107 Å². The zero-order chi connectivity index (χ0) is 12.7. The molecule has 0 aromatic heterocycles. The van der Waals surface area contributed by atoms with E-state index in [9.17, 15) is 0 Å². The van der Waals surface area contributed by atoms with Crippen molar-refractivity contribution in [2.75, 3.05) is 13.1 Å². The van der Waals surface area contributed by atoms with Crippen molar-refractivity contribution in [3.8, 4) is 0 Å². The van der Waals surface area contributed by atoms with E-state index in [1.54, 1.807) is 0 Å². The fraction of sp³-hybridized carbons (Fsp3) is 0.625. The molecule has 0 atom stereocenters. The van der Waals surface area contributed by atoms with E-state index in [-0.39, 0.29) is 0 Å². The van der Waals surface area contributed by atoms with Crippen LogP contribution in [0.1, 0.15) is 51.2 Å². The van der Waals surface area contributed by atoms with Crippen molar-refractivity contribution in [3.63, 3.8) is 0 Å². The topological polar surface area (TPSA) is 12.0 Å². The van der Waals surface area contributed by atoms with Gasteiger partial charge in [0, 0.05) is 0 Å². The Hall–Kier alpha value is -0.820. The molecular formula is C16H27N. The van der Waals surface area contributed by atoms with Gasteiger partial charge in [0.15, 0.2) is 0 Å². The largest absolute Gasteiger partial charge is 0.316 e. The van der Waals surface area contributed by atoms with Gasteiger partial charge in [0.05, 0.1) is 0 Å². The lowest BCUT2D eigenvalue weighted by atomic mass is 10.0. The first-order chi connectivity index (χ1) is 8.09. The van der Waals surface area contributed by atoms with Crippen LogP contribution in [0.5, 0.6) is 0 Å². The third kappa shape index (κ3) is 5.88. The molecule has 0 aliphatic carbocycles. The zero-order valence-corrected chi connectivity index (χ0v) is 11.8. The summed E-state index contributed by atoms with van der Waals surface area (Å²) in [5.41, 5.74) is 2.90. The molecule has 0 unspecified atom stereocenters. The van der Waals surface area contributed by atoms with Crippen LogP contribution in [-0.4, -0.2) is 13.1 Å². The standard InChI is InChI=1S/C16H27N/c1-13(2)12-17-11-5-6-15-7-9-16(10-8-15)14(3)4/h7-10,13-14,17H,5-6,11-12H2,1-4H3. The summed E-state index contributed by atoms with van der Waals surface area (Å²) in [6.07, 6.45) is 2.41. The van der Waals surface area contributed by atoms with Crippen LogP contribution in [0.3, 0.4) is 0 Å². The Kier molecular flexibility index (Phi) is 6.28. The minimum Gasteiger partial charge on any atom is -0.316 e. The molecule has 0 aliphatic rings. The maximum atomic E-state index is 3.48. The van der Waals surface area contributed by atoms with Crippen molar-refractivity contribution in [3.05, 3.63) is 35.4 Å². The molecule has 17 heavy (non-hydrogen) atoms. The minimum atomic E-state index is 0.636. The van der Waals surface area contributed by atoms with Crippen LogP contribution in [0.4, 0.5) is 0 Å². The van der Waals surface area contributed by atoms with Gasteiger partial charge in [0.25, 0.3) is 0 Å². The van der Waals surface area contributed by atoms with Crippen molar-refractivity contribution in [1.82, 2.24) is 5.32 Å². The number of benzene rings is 1. The maximum Gasteiger partial charge on any atom is -0.00258 e. The smallest absolute Gasteiger partial charge is 0.00258 e. The van der Waals surface area contributed by atoms with Gasteiger partial charge >= 0.3 is 0 Å². The highest BCUT2D eigenvalue weighted by molar-refractivity contribution is 5.24. The van der Waals surface area contributed by atoms with Crippen LogP contribution >= 0.6 is 0 Å². The van der Waals surface area contributed by atoms with Gasteiger partial charge in [0.2, 0.25) is 0 Å². The number of hydrogen-bond acceptors (Lipinski definition) is 1. The lowest BCUT2D eigenvalue weighted by Crippen LogP contribution is -2.21. The molecule has 0 heterocycles. The fourth-order valence-electron chi connectivity index (χ4n) is 1.88. The third-order valence-electron chi connectivity index (χ3n) is 3.02. The van der Waals surface area contributed by atoms with E-state index < -0.39 is 0 Å². The van der Waals surface area contributed by atoms with E-state index in [1.807, 2.05) is 0 Å². The van der Waals surface area contributed by atoms with Gasteiger partial charge in [-0.3, -0.25) is 0 Å². The van der Waals surface area contributed by atoms with Crippen molar-refractivity contribution < 1.29 is 0 Å². The Morgan fingerprint density at radius 1 is 1.00 bits per heavy atom. The Morgan fingerprint density at radius 3 is 2.18 bits per heavy atom. The van der Waals surface area contributed by atoms with Crippen LogP contribution in [-0.2, 0) is 6.42 Å². The zero-order valence-electron chi connectivity index (χ0n) is 11.8. The molecule has 0 fully saturated rings. The molecule has 0 saturated heterocycles. The molecule has 0 saturated carbocycles. The van der Waals surface area contributed by atoms with Gasteiger partial charge in [-0.25, -0.2) is 0 Å². The normalized spacial score (nSPS) is 11.4. The molecule has 1 heteroatoms. The van der Waals surface area contributed by atoms with Gasteiger partial charge < -0.3 is 5.32 Å². The van der Waals surface area contributed by atoms with Crippen molar-refractivity contribution in [1.29, 1.82) is 0 Å². The minimum absolute atomic E-state index is 0.636. The molecule has 0 amide bonds. The number of aryl methyl sites for hydroxylation is 1.